The third-order valence-electron chi connectivity index (χ3n) is 8.47. The zero-order valence-electron chi connectivity index (χ0n) is 22.2. The van der Waals surface area contributed by atoms with Gasteiger partial charge in [-0.15, -0.1) is 0 Å². The summed E-state index contributed by atoms with van der Waals surface area (Å²) in [7, 11) is 0. The summed E-state index contributed by atoms with van der Waals surface area (Å²) < 4.78 is 5.52. The lowest BCUT2D eigenvalue weighted by molar-refractivity contribution is 0.0610. The molecule has 2 aromatic heterocycles. The minimum absolute atomic E-state index is 0.386. The fourth-order valence-corrected chi connectivity index (χ4v) is 6.05. The van der Waals surface area contributed by atoms with Crippen molar-refractivity contribution in [2.45, 2.75) is 71.1 Å². The van der Waals surface area contributed by atoms with E-state index in [4.69, 9.17) is 26.2 Å². The highest BCUT2D eigenvalue weighted by Gasteiger charge is 2.25. The molecule has 1 aliphatic heterocycles. The van der Waals surface area contributed by atoms with E-state index in [-0.39, 0.29) is 0 Å². The Morgan fingerprint density at radius 1 is 1.08 bits per heavy atom. The van der Waals surface area contributed by atoms with Gasteiger partial charge in [-0.3, -0.25) is 4.98 Å². The Labute approximate surface area is 221 Å². The maximum absolute atomic E-state index is 6.63. The number of nitrogen functional groups attached to an aromatic ring is 1. The normalized spacial score (nSPS) is 24.0. The van der Waals surface area contributed by atoms with Crippen LogP contribution < -0.4 is 11.5 Å². The Balaban J connectivity index is 1.28. The van der Waals surface area contributed by atoms with Crippen molar-refractivity contribution < 1.29 is 4.74 Å². The van der Waals surface area contributed by atoms with Crippen LogP contribution in [0.2, 0.25) is 0 Å². The number of ether oxygens (including phenoxy) is 1. The van der Waals surface area contributed by atoms with Crippen LogP contribution in [0, 0.1) is 24.7 Å². The number of fused-ring (bicyclic) bond motifs is 1. The lowest BCUT2D eigenvalue weighted by Gasteiger charge is -2.30. The van der Waals surface area contributed by atoms with E-state index in [1.807, 2.05) is 12.3 Å². The van der Waals surface area contributed by atoms with E-state index >= 15 is 0 Å². The summed E-state index contributed by atoms with van der Waals surface area (Å²) in [6, 6.07) is 4.09. The lowest BCUT2D eigenvalue weighted by atomic mass is 9.78. The van der Waals surface area contributed by atoms with Crippen molar-refractivity contribution >= 4 is 23.8 Å². The molecule has 1 saturated carbocycles. The number of aliphatic imine (C=N–C) groups is 1. The third-order valence-corrected chi connectivity index (χ3v) is 8.47. The van der Waals surface area contributed by atoms with Crippen LogP contribution in [0.15, 0.2) is 41.3 Å². The highest BCUT2D eigenvalue weighted by molar-refractivity contribution is 5.85. The summed E-state index contributed by atoms with van der Waals surface area (Å²) in [5.74, 6) is 3.42. The van der Waals surface area contributed by atoms with Crippen LogP contribution in [-0.2, 0) is 4.74 Å². The van der Waals surface area contributed by atoms with Crippen molar-refractivity contribution in [3.63, 3.8) is 0 Å². The summed E-state index contributed by atoms with van der Waals surface area (Å²) in [5.41, 5.74) is 19.0. The van der Waals surface area contributed by atoms with Crippen LogP contribution in [0.3, 0.4) is 0 Å². The predicted octanol–water partition coefficient (Wildman–Crippen LogP) is 6.55. The second kappa shape index (κ2) is 12.0. The Bertz CT molecular complexity index is 1170. The van der Waals surface area contributed by atoms with Crippen LogP contribution in [-0.4, -0.2) is 29.0 Å². The summed E-state index contributed by atoms with van der Waals surface area (Å²) in [6.45, 7) is 3.97. The maximum Gasteiger partial charge on any atom is 0.131 e. The van der Waals surface area contributed by atoms with E-state index in [2.05, 4.69) is 36.2 Å². The van der Waals surface area contributed by atoms with E-state index in [0.717, 1.165) is 90.2 Å². The fraction of sp³-hybridized carbons (Fsp3) is 0.516. The summed E-state index contributed by atoms with van der Waals surface area (Å²) >= 11 is 0. The topological polar surface area (TPSA) is 99.4 Å². The summed E-state index contributed by atoms with van der Waals surface area (Å²) in [6.07, 6.45) is 21.9. The number of nitrogens with two attached hydrogens (primary N) is 2. The zero-order chi connectivity index (χ0) is 25.6. The zero-order valence-corrected chi connectivity index (χ0v) is 22.2. The molecule has 2 aromatic rings. The van der Waals surface area contributed by atoms with Crippen LogP contribution in [0.4, 0.5) is 5.82 Å². The molecule has 0 unspecified atom stereocenters. The van der Waals surface area contributed by atoms with Gasteiger partial charge in [0.05, 0.1) is 5.69 Å². The van der Waals surface area contributed by atoms with E-state index in [1.165, 1.54) is 38.5 Å². The SMILES string of the molecule is Cc1ccncc1-c1cc2c(c(N)n1)/C=C\CCC(N=C(N)C1CCC(CCC3CCOCC3)CC1)=C2. The van der Waals surface area contributed by atoms with E-state index in [9.17, 15) is 0 Å². The lowest BCUT2D eigenvalue weighted by Crippen LogP contribution is -2.28. The van der Waals surface area contributed by atoms with Crippen LogP contribution in [0.5, 0.6) is 0 Å². The number of aryl methyl sites for hydroxylation is 1. The second-order valence-corrected chi connectivity index (χ2v) is 11.1. The minimum atomic E-state index is 0.386. The molecule has 2 fully saturated rings. The fourth-order valence-electron chi connectivity index (χ4n) is 6.05. The quantitative estimate of drug-likeness (QED) is 0.347. The molecular formula is C31H41N5O. The molecule has 196 valence electrons. The van der Waals surface area contributed by atoms with Crippen molar-refractivity contribution in [3.05, 3.63) is 53.0 Å². The molecule has 1 saturated heterocycles. The maximum atomic E-state index is 6.63. The number of hydrogen-bond acceptors (Lipinski definition) is 5. The summed E-state index contributed by atoms with van der Waals surface area (Å²) in [5, 5.41) is 0. The van der Waals surface area contributed by atoms with Gasteiger partial charge >= 0.3 is 0 Å². The van der Waals surface area contributed by atoms with Gasteiger partial charge in [0.25, 0.3) is 0 Å². The van der Waals surface area contributed by atoms with Gasteiger partial charge in [-0.2, -0.15) is 0 Å². The number of allylic oxidation sites excluding steroid dienone is 2. The van der Waals surface area contributed by atoms with E-state index in [1.54, 1.807) is 6.20 Å². The molecule has 0 amide bonds. The smallest absolute Gasteiger partial charge is 0.131 e. The molecule has 2 aliphatic carbocycles. The number of hydrogen-bond donors (Lipinski definition) is 2. The largest absolute Gasteiger partial charge is 0.387 e. The average Bonchev–Trinajstić information content (AvgIpc) is 2.90. The molecule has 37 heavy (non-hydrogen) atoms. The number of pyridine rings is 2. The van der Waals surface area contributed by atoms with E-state index in [0.29, 0.717) is 11.7 Å². The van der Waals surface area contributed by atoms with Gasteiger partial charge in [-0.1, -0.05) is 25.0 Å². The second-order valence-electron chi connectivity index (χ2n) is 11.1. The first-order valence-electron chi connectivity index (χ1n) is 14.1. The van der Waals surface area contributed by atoms with Crippen LogP contribution in [0.1, 0.15) is 80.9 Å². The Morgan fingerprint density at radius 3 is 2.59 bits per heavy atom. The molecule has 6 heteroatoms. The Kier molecular flexibility index (Phi) is 8.34. The number of amidine groups is 1. The minimum Gasteiger partial charge on any atom is -0.387 e. The Morgan fingerprint density at radius 2 is 1.84 bits per heavy atom. The van der Waals surface area contributed by atoms with Crippen molar-refractivity contribution in [2.75, 3.05) is 18.9 Å². The van der Waals surface area contributed by atoms with Gasteiger partial charge in [0, 0.05) is 48.3 Å². The van der Waals surface area contributed by atoms with Gasteiger partial charge in [-0.25, -0.2) is 9.98 Å². The van der Waals surface area contributed by atoms with Crippen LogP contribution >= 0.6 is 0 Å². The molecule has 5 rings (SSSR count). The van der Waals surface area contributed by atoms with Gasteiger partial charge in [0.15, 0.2) is 0 Å². The molecule has 0 aromatic carbocycles. The standard InChI is InChI=1S/C31H41N5O/c1-21-12-15-34-20-28(21)29-19-25-18-26(4-2-3-5-27(25)31(33)36-29)35-30(32)24-10-8-22(9-11-24)6-7-23-13-16-37-17-14-23/h3,5,12,15,18-20,22-24H,2,4,6-11,13-14,16-17H2,1H3,(H2,32,35)(H2,33,36)/b5-3-,26-18?. The molecule has 3 aliphatic rings. The summed E-state index contributed by atoms with van der Waals surface area (Å²) in [4.78, 5) is 14.0. The monoisotopic (exact) mass is 499 g/mol. The highest BCUT2D eigenvalue weighted by Crippen LogP contribution is 2.35. The number of nitrogens with zero attached hydrogens (tertiary/aromatic N) is 3. The third kappa shape index (κ3) is 6.48. The predicted molar refractivity (Wildman–Crippen MR) is 153 cm³/mol. The first-order chi connectivity index (χ1) is 18.1. The van der Waals surface area contributed by atoms with Gasteiger partial charge in [-0.05, 0) is 99.5 Å². The van der Waals surface area contributed by atoms with Crippen LogP contribution in [0.25, 0.3) is 23.4 Å². The van der Waals surface area contributed by atoms with E-state index < -0.39 is 0 Å². The first kappa shape index (κ1) is 25.7. The molecule has 4 N–H and O–H groups in total. The van der Waals surface area contributed by atoms with Crippen molar-refractivity contribution in [2.24, 2.45) is 28.5 Å². The highest BCUT2D eigenvalue weighted by atomic mass is 16.5. The number of rotatable bonds is 6. The molecule has 0 radical (unpaired) electrons. The average molecular weight is 500 g/mol. The van der Waals surface area contributed by atoms with Crippen molar-refractivity contribution in [3.8, 4) is 11.3 Å². The van der Waals surface area contributed by atoms with Gasteiger partial charge in [0.1, 0.15) is 11.7 Å². The number of aromatic nitrogens is 2. The first-order valence-corrected chi connectivity index (χ1v) is 14.1. The molecule has 0 bridgehead atoms. The van der Waals surface area contributed by atoms with Crippen molar-refractivity contribution in [1.82, 2.24) is 9.97 Å². The molecule has 0 atom stereocenters. The molecular weight excluding hydrogens is 458 g/mol. The number of anilines is 1. The molecule has 6 nitrogen and oxygen atoms in total. The van der Waals surface area contributed by atoms with Gasteiger partial charge < -0.3 is 16.2 Å². The molecule has 3 heterocycles. The van der Waals surface area contributed by atoms with Gasteiger partial charge in [0.2, 0.25) is 0 Å². The Hall–Kier alpha value is -2.99. The van der Waals surface area contributed by atoms with Crippen molar-refractivity contribution in [1.29, 1.82) is 0 Å². The molecule has 0 spiro atoms.